The molecule has 0 aliphatic heterocycles. The zero-order chi connectivity index (χ0) is 9.97. The first kappa shape index (κ1) is 10.2. The number of aliphatic hydroxyl groups is 1. The summed E-state index contributed by atoms with van der Waals surface area (Å²) in [4.78, 5) is 4.05. The highest BCUT2D eigenvalue weighted by molar-refractivity contribution is 7.14. The molecule has 0 radical (unpaired) electrons. The van der Waals surface area contributed by atoms with Gasteiger partial charge in [-0.1, -0.05) is 18.0 Å². The highest BCUT2D eigenvalue weighted by Crippen LogP contribution is 2.29. The zero-order valence-electron chi connectivity index (χ0n) is 7.74. The SMILES string of the molecule is OC(CNc1nc(Cl)cs1)C1CCC1. The van der Waals surface area contributed by atoms with E-state index >= 15 is 0 Å². The summed E-state index contributed by atoms with van der Waals surface area (Å²) in [5.74, 6) is 0.484. The van der Waals surface area contributed by atoms with Crippen molar-refractivity contribution >= 4 is 28.1 Å². The molecule has 78 valence electrons. The minimum atomic E-state index is -0.244. The lowest BCUT2D eigenvalue weighted by atomic mass is 9.81. The van der Waals surface area contributed by atoms with Gasteiger partial charge in [0.15, 0.2) is 5.13 Å². The van der Waals surface area contributed by atoms with Crippen molar-refractivity contribution < 1.29 is 5.11 Å². The Morgan fingerprint density at radius 1 is 1.71 bits per heavy atom. The average molecular weight is 233 g/mol. The van der Waals surface area contributed by atoms with E-state index < -0.39 is 0 Å². The minimum absolute atomic E-state index is 0.244. The number of thiazole rings is 1. The molecule has 1 aromatic heterocycles. The van der Waals surface area contributed by atoms with Crippen LogP contribution in [-0.2, 0) is 0 Å². The van der Waals surface area contributed by atoms with Gasteiger partial charge in [-0.2, -0.15) is 0 Å². The van der Waals surface area contributed by atoms with Crippen LogP contribution in [0.1, 0.15) is 19.3 Å². The molecular formula is C9H13ClN2OS. The second-order valence-electron chi connectivity index (χ2n) is 3.61. The Kier molecular flexibility index (Phi) is 3.26. The molecule has 1 heterocycles. The second-order valence-corrected chi connectivity index (χ2v) is 4.86. The predicted molar refractivity (Wildman–Crippen MR) is 59.0 cm³/mol. The molecule has 14 heavy (non-hydrogen) atoms. The van der Waals surface area contributed by atoms with Gasteiger partial charge in [0.2, 0.25) is 0 Å². The number of rotatable bonds is 4. The molecule has 0 amide bonds. The molecule has 1 unspecified atom stereocenters. The summed E-state index contributed by atoms with van der Waals surface area (Å²) in [5.41, 5.74) is 0. The van der Waals surface area contributed by atoms with Crippen LogP contribution in [0.4, 0.5) is 5.13 Å². The molecule has 1 aromatic rings. The fourth-order valence-corrected chi connectivity index (χ4v) is 2.37. The van der Waals surface area contributed by atoms with Crippen LogP contribution in [0, 0.1) is 5.92 Å². The van der Waals surface area contributed by atoms with Gasteiger partial charge in [-0.25, -0.2) is 4.98 Å². The van der Waals surface area contributed by atoms with Gasteiger partial charge in [0.25, 0.3) is 0 Å². The Balaban J connectivity index is 1.76. The minimum Gasteiger partial charge on any atom is -0.391 e. The number of aliphatic hydroxyl groups excluding tert-OH is 1. The summed E-state index contributed by atoms with van der Waals surface area (Å²) in [7, 11) is 0. The van der Waals surface area contributed by atoms with Gasteiger partial charge < -0.3 is 10.4 Å². The van der Waals surface area contributed by atoms with Gasteiger partial charge in [0.05, 0.1) is 6.10 Å². The third kappa shape index (κ3) is 2.38. The third-order valence-electron chi connectivity index (χ3n) is 2.63. The molecule has 2 rings (SSSR count). The Labute approximate surface area is 92.1 Å². The lowest BCUT2D eigenvalue weighted by Gasteiger charge is -2.30. The van der Waals surface area contributed by atoms with Crippen molar-refractivity contribution in [1.29, 1.82) is 0 Å². The van der Waals surface area contributed by atoms with Gasteiger partial charge in [-0.15, -0.1) is 11.3 Å². The van der Waals surface area contributed by atoms with Crippen molar-refractivity contribution in [3.63, 3.8) is 0 Å². The predicted octanol–water partition coefficient (Wildman–Crippen LogP) is 2.37. The van der Waals surface area contributed by atoms with E-state index in [1.807, 2.05) is 0 Å². The summed E-state index contributed by atoms with van der Waals surface area (Å²) in [6.45, 7) is 0.578. The molecule has 0 saturated heterocycles. The molecule has 0 aromatic carbocycles. The van der Waals surface area contributed by atoms with E-state index in [2.05, 4.69) is 10.3 Å². The molecule has 1 aliphatic carbocycles. The zero-order valence-corrected chi connectivity index (χ0v) is 9.31. The molecule has 1 atom stereocenters. The van der Waals surface area contributed by atoms with Crippen LogP contribution < -0.4 is 5.32 Å². The Morgan fingerprint density at radius 2 is 2.50 bits per heavy atom. The number of nitrogens with one attached hydrogen (secondary N) is 1. The number of hydrogen-bond acceptors (Lipinski definition) is 4. The maximum Gasteiger partial charge on any atom is 0.184 e. The van der Waals surface area contributed by atoms with Crippen LogP contribution in [0.15, 0.2) is 5.38 Å². The van der Waals surface area contributed by atoms with Crippen LogP contribution in [-0.4, -0.2) is 22.7 Å². The number of nitrogens with zero attached hydrogens (tertiary/aromatic N) is 1. The summed E-state index contributed by atoms with van der Waals surface area (Å²) in [6.07, 6.45) is 3.32. The van der Waals surface area contributed by atoms with Crippen molar-refractivity contribution in [1.82, 2.24) is 4.98 Å². The number of halogens is 1. The van der Waals surface area contributed by atoms with Gasteiger partial charge in [-0.05, 0) is 18.8 Å². The van der Waals surface area contributed by atoms with Gasteiger partial charge in [0.1, 0.15) is 5.15 Å². The van der Waals surface area contributed by atoms with Crippen LogP contribution in [0.3, 0.4) is 0 Å². The molecule has 0 spiro atoms. The number of anilines is 1. The standard InChI is InChI=1S/C9H13ClN2OS/c10-8-5-14-9(12-8)11-4-7(13)6-2-1-3-6/h5-7,13H,1-4H2,(H,11,12). The van der Waals surface area contributed by atoms with Gasteiger partial charge in [0, 0.05) is 11.9 Å². The summed E-state index contributed by atoms with van der Waals surface area (Å²) >= 11 is 7.14. The molecular weight excluding hydrogens is 220 g/mol. The Bertz CT molecular complexity index is 301. The van der Waals surface area contributed by atoms with Crippen molar-refractivity contribution in [2.75, 3.05) is 11.9 Å². The van der Waals surface area contributed by atoms with Crippen LogP contribution >= 0.6 is 22.9 Å². The van der Waals surface area contributed by atoms with Gasteiger partial charge >= 0.3 is 0 Å². The smallest absolute Gasteiger partial charge is 0.184 e. The van der Waals surface area contributed by atoms with E-state index in [0.717, 1.165) is 18.0 Å². The topological polar surface area (TPSA) is 45.1 Å². The molecule has 3 nitrogen and oxygen atoms in total. The maximum atomic E-state index is 9.72. The van der Waals surface area contributed by atoms with Gasteiger partial charge in [-0.3, -0.25) is 0 Å². The van der Waals surface area contributed by atoms with E-state index in [1.165, 1.54) is 17.8 Å². The molecule has 0 bridgehead atoms. The van der Waals surface area contributed by atoms with Crippen LogP contribution in [0.5, 0.6) is 0 Å². The summed E-state index contributed by atoms with van der Waals surface area (Å²) in [5, 5.41) is 15.9. The van der Waals surface area contributed by atoms with E-state index in [-0.39, 0.29) is 6.10 Å². The van der Waals surface area contributed by atoms with E-state index in [0.29, 0.717) is 17.6 Å². The van der Waals surface area contributed by atoms with Crippen molar-refractivity contribution in [3.05, 3.63) is 10.5 Å². The molecule has 1 saturated carbocycles. The van der Waals surface area contributed by atoms with Crippen molar-refractivity contribution in [2.45, 2.75) is 25.4 Å². The quantitative estimate of drug-likeness (QED) is 0.838. The molecule has 1 fully saturated rings. The Morgan fingerprint density at radius 3 is 3.00 bits per heavy atom. The largest absolute Gasteiger partial charge is 0.391 e. The normalized spacial score (nSPS) is 19.0. The molecule has 1 aliphatic rings. The number of hydrogen-bond donors (Lipinski definition) is 2. The fraction of sp³-hybridized carbons (Fsp3) is 0.667. The van der Waals surface area contributed by atoms with Crippen LogP contribution in [0.25, 0.3) is 0 Å². The monoisotopic (exact) mass is 232 g/mol. The third-order valence-corrected chi connectivity index (χ3v) is 3.76. The highest BCUT2D eigenvalue weighted by Gasteiger charge is 2.25. The fourth-order valence-electron chi connectivity index (χ4n) is 1.52. The van der Waals surface area contributed by atoms with E-state index in [9.17, 15) is 5.11 Å². The van der Waals surface area contributed by atoms with Crippen molar-refractivity contribution in [3.8, 4) is 0 Å². The lowest BCUT2D eigenvalue weighted by molar-refractivity contribution is 0.0729. The first-order valence-corrected chi connectivity index (χ1v) is 6.04. The summed E-state index contributed by atoms with van der Waals surface area (Å²) in [6, 6.07) is 0. The van der Waals surface area contributed by atoms with Crippen LogP contribution in [0.2, 0.25) is 5.15 Å². The highest BCUT2D eigenvalue weighted by atomic mass is 35.5. The van der Waals surface area contributed by atoms with E-state index in [4.69, 9.17) is 11.6 Å². The first-order chi connectivity index (χ1) is 6.75. The molecule has 5 heteroatoms. The first-order valence-electron chi connectivity index (χ1n) is 4.78. The summed E-state index contributed by atoms with van der Waals surface area (Å²) < 4.78 is 0. The maximum absolute atomic E-state index is 9.72. The molecule has 2 N–H and O–H groups in total. The number of aromatic nitrogens is 1. The van der Waals surface area contributed by atoms with E-state index in [1.54, 1.807) is 5.38 Å². The van der Waals surface area contributed by atoms with Crippen molar-refractivity contribution in [2.24, 2.45) is 5.92 Å². The average Bonchev–Trinajstić information content (AvgIpc) is 2.45. The lowest BCUT2D eigenvalue weighted by Crippen LogP contribution is -2.32. The second kappa shape index (κ2) is 4.47. The Hall–Kier alpha value is -0.320.